The quantitative estimate of drug-likeness (QED) is 0.868. The van der Waals surface area contributed by atoms with Gasteiger partial charge < -0.3 is 14.6 Å². The Kier molecular flexibility index (Phi) is 3.87. The van der Waals surface area contributed by atoms with E-state index in [2.05, 4.69) is 37.3 Å². The van der Waals surface area contributed by atoms with Crippen LogP contribution < -0.4 is 5.32 Å². The molecule has 0 unspecified atom stereocenters. The highest BCUT2D eigenvalue weighted by Crippen LogP contribution is 2.57. The van der Waals surface area contributed by atoms with Crippen LogP contribution in [0.3, 0.4) is 0 Å². The average molecular weight is 278 g/mol. The predicted octanol–water partition coefficient (Wildman–Crippen LogP) is 3.24. The molecule has 112 valence electrons. The Bertz CT molecular complexity index is 451. The molecular formula is C16H26N2O2. The van der Waals surface area contributed by atoms with Gasteiger partial charge in [0.2, 0.25) is 0 Å². The van der Waals surface area contributed by atoms with Crippen molar-refractivity contribution in [1.82, 2.24) is 10.5 Å². The van der Waals surface area contributed by atoms with E-state index in [1.165, 1.54) is 19.3 Å². The molecule has 2 saturated carbocycles. The van der Waals surface area contributed by atoms with Gasteiger partial charge in [-0.1, -0.05) is 25.4 Å². The second-order valence-electron chi connectivity index (χ2n) is 6.57. The van der Waals surface area contributed by atoms with Crippen LogP contribution in [0.15, 0.2) is 10.6 Å². The summed E-state index contributed by atoms with van der Waals surface area (Å²) in [6.45, 7) is 7.98. The molecule has 1 aromatic heterocycles. The van der Waals surface area contributed by atoms with Crippen molar-refractivity contribution in [3.63, 3.8) is 0 Å². The van der Waals surface area contributed by atoms with E-state index >= 15 is 0 Å². The molecule has 1 aromatic rings. The Hall–Kier alpha value is -0.870. The predicted molar refractivity (Wildman–Crippen MR) is 77.5 cm³/mol. The van der Waals surface area contributed by atoms with Crippen molar-refractivity contribution in [2.75, 3.05) is 6.61 Å². The lowest BCUT2D eigenvalue weighted by Crippen LogP contribution is -2.66. The largest absolute Gasteiger partial charge is 0.378 e. The zero-order valence-corrected chi connectivity index (χ0v) is 12.8. The Balaban J connectivity index is 1.54. The van der Waals surface area contributed by atoms with E-state index in [1.54, 1.807) is 0 Å². The lowest BCUT2D eigenvalue weighted by atomic mass is 9.51. The molecule has 1 N–H and O–H groups in total. The Morgan fingerprint density at radius 3 is 2.85 bits per heavy atom. The smallest absolute Gasteiger partial charge is 0.150 e. The van der Waals surface area contributed by atoms with Crippen molar-refractivity contribution in [1.29, 1.82) is 0 Å². The molecule has 3 rings (SSSR count). The van der Waals surface area contributed by atoms with Crippen molar-refractivity contribution in [3.8, 4) is 0 Å². The van der Waals surface area contributed by atoms with Crippen LogP contribution in [0.5, 0.6) is 0 Å². The molecule has 0 aliphatic heterocycles. The van der Waals surface area contributed by atoms with Crippen LogP contribution in [0.4, 0.5) is 0 Å². The number of nitrogens with one attached hydrogen (secondary N) is 1. The fraction of sp³-hybridized carbons (Fsp3) is 0.812. The summed E-state index contributed by atoms with van der Waals surface area (Å²) in [6, 6.07) is 2.66. The molecule has 2 aliphatic carbocycles. The maximum absolute atomic E-state index is 5.88. The van der Waals surface area contributed by atoms with E-state index < -0.39 is 0 Å². The molecule has 2 atom stereocenters. The van der Waals surface area contributed by atoms with Gasteiger partial charge in [-0.25, -0.2) is 0 Å². The lowest BCUT2D eigenvalue weighted by molar-refractivity contribution is -0.173. The van der Waals surface area contributed by atoms with Gasteiger partial charge in [-0.3, -0.25) is 0 Å². The first-order chi connectivity index (χ1) is 9.65. The van der Waals surface area contributed by atoms with Gasteiger partial charge in [0, 0.05) is 24.1 Å². The van der Waals surface area contributed by atoms with E-state index in [4.69, 9.17) is 9.26 Å². The summed E-state index contributed by atoms with van der Waals surface area (Å²) < 4.78 is 11.3. The van der Waals surface area contributed by atoms with Crippen molar-refractivity contribution in [2.45, 2.75) is 71.1 Å². The normalized spacial score (nSPS) is 27.6. The van der Waals surface area contributed by atoms with Crippen molar-refractivity contribution in [2.24, 2.45) is 5.41 Å². The number of ether oxygens (including phenoxy) is 1. The fourth-order valence-electron chi connectivity index (χ4n) is 3.63. The van der Waals surface area contributed by atoms with Crippen LogP contribution in [0.1, 0.15) is 63.8 Å². The highest BCUT2D eigenvalue weighted by Gasteiger charge is 2.58. The minimum absolute atomic E-state index is 0.414. The Labute approximate surface area is 121 Å². The first-order valence-corrected chi connectivity index (χ1v) is 7.96. The molecule has 0 bridgehead atoms. The highest BCUT2D eigenvalue weighted by molar-refractivity contribution is 5.14. The van der Waals surface area contributed by atoms with E-state index in [0.717, 1.165) is 31.0 Å². The number of hydrogen-bond donors (Lipinski definition) is 1. The zero-order chi connectivity index (χ0) is 14.2. The minimum atomic E-state index is 0.414. The van der Waals surface area contributed by atoms with Crippen LogP contribution in [0, 0.1) is 5.41 Å². The van der Waals surface area contributed by atoms with Crippen molar-refractivity contribution < 1.29 is 9.26 Å². The summed E-state index contributed by atoms with van der Waals surface area (Å²) in [7, 11) is 0. The van der Waals surface area contributed by atoms with Crippen molar-refractivity contribution in [3.05, 3.63) is 17.5 Å². The van der Waals surface area contributed by atoms with Gasteiger partial charge in [0.25, 0.3) is 0 Å². The average Bonchev–Trinajstić information content (AvgIpc) is 2.79. The fourth-order valence-corrected chi connectivity index (χ4v) is 3.63. The molecule has 2 fully saturated rings. The van der Waals surface area contributed by atoms with E-state index in [9.17, 15) is 0 Å². The van der Waals surface area contributed by atoms with Gasteiger partial charge in [0.1, 0.15) is 0 Å². The van der Waals surface area contributed by atoms with Gasteiger partial charge in [0.05, 0.1) is 18.3 Å². The van der Waals surface area contributed by atoms with Crippen LogP contribution in [0.2, 0.25) is 0 Å². The van der Waals surface area contributed by atoms with E-state index in [0.29, 0.717) is 23.5 Å². The molecule has 2 aliphatic rings. The topological polar surface area (TPSA) is 47.3 Å². The molecule has 4 nitrogen and oxygen atoms in total. The third kappa shape index (κ3) is 2.29. The SMILES string of the molecule is CCO[C@H]1C[C@H](NCc2cc(C(C)C)no2)C12CCC2. The monoisotopic (exact) mass is 278 g/mol. The second kappa shape index (κ2) is 5.49. The lowest BCUT2D eigenvalue weighted by Gasteiger charge is -2.61. The molecule has 1 heterocycles. The van der Waals surface area contributed by atoms with Crippen LogP contribution in [0.25, 0.3) is 0 Å². The summed E-state index contributed by atoms with van der Waals surface area (Å²) in [5, 5.41) is 7.77. The molecule has 0 aromatic carbocycles. The van der Waals surface area contributed by atoms with E-state index in [1.807, 2.05) is 0 Å². The van der Waals surface area contributed by atoms with Gasteiger partial charge in [-0.05, 0) is 32.1 Å². The third-order valence-electron chi connectivity index (χ3n) is 5.13. The number of rotatable bonds is 6. The minimum Gasteiger partial charge on any atom is -0.378 e. The number of aromatic nitrogens is 1. The summed E-state index contributed by atoms with van der Waals surface area (Å²) in [5.41, 5.74) is 1.46. The summed E-state index contributed by atoms with van der Waals surface area (Å²) in [4.78, 5) is 0. The van der Waals surface area contributed by atoms with Gasteiger partial charge in [-0.2, -0.15) is 0 Å². The first kappa shape index (κ1) is 14.1. The Morgan fingerprint density at radius 1 is 1.50 bits per heavy atom. The van der Waals surface area contributed by atoms with Crippen LogP contribution in [-0.2, 0) is 11.3 Å². The van der Waals surface area contributed by atoms with E-state index in [-0.39, 0.29) is 0 Å². The molecule has 0 amide bonds. The molecule has 0 saturated heterocycles. The number of nitrogens with zero attached hydrogens (tertiary/aromatic N) is 1. The standard InChI is InChI=1S/C16H26N2O2/c1-4-19-15-9-14(16(15)6-5-7-16)17-10-12-8-13(11(2)3)18-20-12/h8,11,14-15,17H,4-7,9-10H2,1-3H3/t14-,15-/m0/s1. The summed E-state index contributed by atoms with van der Waals surface area (Å²) >= 11 is 0. The Morgan fingerprint density at radius 2 is 2.30 bits per heavy atom. The van der Waals surface area contributed by atoms with Gasteiger partial charge in [-0.15, -0.1) is 0 Å². The molecular weight excluding hydrogens is 252 g/mol. The number of hydrogen-bond acceptors (Lipinski definition) is 4. The van der Waals surface area contributed by atoms with Crippen LogP contribution in [-0.4, -0.2) is 23.9 Å². The molecule has 4 heteroatoms. The molecule has 20 heavy (non-hydrogen) atoms. The van der Waals surface area contributed by atoms with Crippen LogP contribution >= 0.6 is 0 Å². The summed E-state index contributed by atoms with van der Waals surface area (Å²) in [5.74, 6) is 1.37. The maximum atomic E-state index is 5.88. The van der Waals surface area contributed by atoms with Gasteiger partial charge in [0.15, 0.2) is 5.76 Å². The molecule has 0 radical (unpaired) electrons. The summed E-state index contributed by atoms with van der Waals surface area (Å²) in [6.07, 6.45) is 5.58. The van der Waals surface area contributed by atoms with Gasteiger partial charge >= 0.3 is 0 Å². The highest BCUT2D eigenvalue weighted by atomic mass is 16.5. The second-order valence-corrected chi connectivity index (χ2v) is 6.57. The molecule has 1 spiro atoms. The maximum Gasteiger partial charge on any atom is 0.150 e. The zero-order valence-electron chi connectivity index (χ0n) is 12.8. The first-order valence-electron chi connectivity index (χ1n) is 7.96. The third-order valence-corrected chi connectivity index (χ3v) is 5.13. The van der Waals surface area contributed by atoms with Crippen molar-refractivity contribution >= 4 is 0 Å².